The molecule has 1 aromatic rings. The SMILES string of the molecule is CCOP(=O)(O)CCCOc1cc(CC=O)ccn1. The van der Waals surface area contributed by atoms with E-state index in [-0.39, 0.29) is 19.4 Å². The lowest BCUT2D eigenvalue weighted by Gasteiger charge is -2.10. The highest BCUT2D eigenvalue weighted by Crippen LogP contribution is 2.41. The summed E-state index contributed by atoms with van der Waals surface area (Å²) in [5.41, 5.74) is 0.821. The van der Waals surface area contributed by atoms with Crippen LogP contribution in [0.1, 0.15) is 18.9 Å². The van der Waals surface area contributed by atoms with Gasteiger partial charge in [0.25, 0.3) is 0 Å². The monoisotopic (exact) mass is 287 g/mol. The summed E-state index contributed by atoms with van der Waals surface area (Å²) in [5.74, 6) is 0.406. The Kier molecular flexibility index (Phi) is 6.70. The fourth-order valence-corrected chi connectivity index (χ4v) is 2.52. The van der Waals surface area contributed by atoms with Gasteiger partial charge in [-0.25, -0.2) is 4.98 Å². The predicted octanol–water partition coefficient (Wildman–Crippen LogP) is 1.81. The molecule has 1 heterocycles. The molecule has 1 aromatic heterocycles. The largest absolute Gasteiger partial charge is 0.478 e. The molecular weight excluding hydrogens is 269 g/mol. The van der Waals surface area contributed by atoms with Gasteiger partial charge in [-0.1, -0.05) is 0 Å². The summed E-state index contributed by atoms with van der Waals surface area (Å²) < 4.78 is 21.5. The van der Waals surface area contributed by atoms with Crippen LogP contribution in [0.15, 0.2) is 18.3 Å². The number of carbonyl (C=O) groups excluding carboxylic acids is 1. The van der Waals surface area contributed by atoms with Gasteiger partial charge in [-0.05, 0) is 25.0 Å². The molecule has 0 aliphatic carbocycles. The molecule has 0 amide bonds. The zero-order chi connectivity index (χ0) is 14.1. The fraction of sp³-hybridized carbons (Fsp3) is 0.500. The van der Waals surface area contributed by atoms with E-state index in [9.17, 15) is 14.3 Å². The summed E-state index contributed by atoms with van der Waals surface area (Å²) in [7, 11) is -3.48. The van der Waals surface area contributed by atoms with Crippen LogP contribution in [-0.2, 0) is 20.3 Å². The number of aldehydes is 1. The summed E-state index contributed by atoms with van der Waals surface area (Å²) in [6.07, 6.45) is 3.13. The van der Waals surface area contributed by atoms with Crippen molar-refractivity contribution in [2.24, 2.45) is 0 Å². The standard InChI is InChI=1S/C12H18NO5P/c1-2-18-19(15,16)9-3-8-17-12-10-11(5-7-14)4-6-13-12/h4,6-7,10H,2-3,5,8-9H2,1H3,(H,15,16). The molecule has 0 saturated heterocycles. The molecule has 0 aliphatic heterocycles. The molecule has 0 spiro atoms. The van der Waals surface area contributed by atoms with Crippen LogP contribution in [0.2, 0.25) is 0 Å². The number of carbonyl (C=O) groups is 1. The first-order chi connectivity index (χ1) is 9.07. The van der Waals surface area contributed by atoms with Crippen molar-refractivity contribution in [1.29, 1.82) is 0 Å². The van der Waals surface area contributed by atoms with Crippen LogP contribution in [-0.4, -0.2) is 35.5 Å². The molecule has 1 N–H and O–H groups in total. The zero-order valence-electron chi connectivity index (χ0n) is 10.8. The Hall–Kier alpha value is -1.23. The number of pyridine rings is 1. The second kappa shape index (κ2) is 8.04. The molecule has 1 atom stereocenters. The molecule has 1 rings (SSSR count). The number of rotatable bonds is 9. The quantitative estimate of drug-likeness (QED) is 0.423. The molecular formula is C12H18NO5P. The van der Waals surface area contributed by atoms with E-state index in [0.29, 0.717) is 18.7 Å². The second-order valence-electron chi connectivity index (χ2n) is 3.85. The minimum Gasteiger partial charge on any atom is -0.478 e. The van der Waals surface area contributed by atoms with Crippen molar-refractivity contribution in [2.75, 3.05) is 19.4 Å². The molecule has 0 saturated carbocycles. The Morgan fingerprint density at radius 3 is 3.00 bits per heavy atom. The Bertz CT molecular complexity index is 452. The van der Waals surface area contributed by atoms with E-state index in [1.807, 2.05) is 0 Å². The van der Waals surface area contributed by atoms with Crippen molar-refractivity contribution in [3.8, 4) is 5.88 Å². The first kappa shape index (κ1) is 15.8. The molecule has 19 heavy (non-hydrogen) atoms. The number of aromatic nitrogens is 1. The van der Waals surface area contributed by atoms with E-state index in [0.717, 1.165) is 11.8 Å². The molecule has 7 heteroatoms. The van der Waals surface area contributed by atoms with E-state index < -0.39 is 7.60 Å². The summed E-state index contributed by atoms with van der Waals surface area (Å²) in [6, 6.07) is 3.41. The molecule has 106 valence electrons. The lowest BCUT2D eigenvalue weighted by Crippen LogP contribution is -2.04. The van der Waals surface area contributed by atoms with Crippen molar-refractivity contribution in [2.45, 2.75) is 19.8 Å². The van der Waals surface area contributed by atoms with E-state index in [1.54, 1.807) is 25.3 Å². The first-order valence-corrected chi connectivity index (χ1v) is 7.81. The highest BCUT2D eigenvalue weighted by atomic mass is 31.2. The Labute approximate surface area is 112 Å². The van der Waals surface area contributed by atoms with Crippen LogP contribution in [0.5, 0.6) is 5.88 Å². The predicted molar refractivity (Wildman–Crippen MR) is 70.4 cm³/mol. The number of ether oxygens (including phenoxy) is 1. The average molecular weight is 287 g/mol. The van der Waals surface area contributed by atoms with Gasteiger partial charge in [-0.15, -0.1) is 0 Å². The second-order valence-corrected chi connectivity index (χ2v) is 5.83. The third kappa shape index (κ3) is 6.47. The van der Waals surface area contributed by atoms with Gasteiger partial charge in [0, 0.05) is 18.7 Å². The zero-order valence-corrected chi connectivity index (χ0v) is 11.7. The molecule has 0 aromatic carbocycles. The minimum atomic E-state index is -3.48. The molecule has 0 radical (unpaired) electrons. The van der Waals surface area contributed by atoms with Crippen LogP contribution < -0.4 is 4.74 Å². The molecule has 0 fully saturated rings. The van der Waals surface area contributed by atoms with Gasteiger partial charge in [0.05, 0.1) is 19.4 Å². The van der Waals surface area contributed by atoms with Gasteiger partial charge in [-0.2, -0.15) is 0 Å². The number of hydrogen-bond donors (Lipinski definition) is 1. The van der Waals surface area contributed by atoms with Crippen molar-refractivity contribution in [3.63, 3.8) is 0 Å². The van der Waals surface area contributed by atoms with Crippen molar-refractivity contribution in [1.82, 2.24) is 4.98 Å². The minimum absolute atomic E-state index is 0.0505. The summed E-state index contributed by atoms with van der Waals surface area (Å²) >= 11 is 0. The summed E-state index contributed by atoms with van der Waals surface area (Å²) in [5, 5.41) is 0. The van der Waals surface area contributed by atoms with Crippen molar-refractivity contribution in [3.05, 3.63) is 23.9 Å². The number of hydrogen-bond acceptors (Lipinski definition) is 5. The maximum atomic E-state index is 11.4. The smallest absolute Gasteiger partial charge is 0.328 e. The third-order valence-corrected chi connectivity index (χ3v) is 3.83. The number of nitrogens with zero attached hydrogens (tertiary/aromatic N) is 1. The van der Waals surface area contributed by atoms with Crippen LogP contribution in [0.4, 0.5) is 0 Å². The van der Waals surface area contributed by atoms with Crippen LogP contribution >= 0.6 is 7.60 Å². The van der Waals surface area contributed by atoms with Crippen LogP contribution in [0.3, 0.4) is 0 Å². The topological polar surface area (TPSA) is 85.7 Å². The first-order valence-electron chi connectivity index (χ1n) is 6.05. The maximum absolute atomic E-state index is 11.4. The van der Waals surface area contributed by atoms with Gasteiger partial charge < -0.3 is 18.9 Å². The van der Waals surface area contributed by atoms with Crippen molar-refractivity contribution >= 4 is 13.9 Å². The van der Waals surface area contributed by atoms with E-state index in [2.05, 4.69) is 4.98 Å². The van der Waals surface area contributed by atoms with E-state index in [4.69, 9.17) is 9.26 Å². The highest BCUT2D eigenvalue weighted by Gasteiger charge is 2.17. The Morgan fingerprint density at radius 1 is 1.53 bits per heavy atom. The normalized spacial score (nSPS) is 13.8. The van der Waals surface area contributed by atoms with Gasteiger partial charge in [0.15, 0.2) is 0 Å². The van der Waals surface area contributed by atoms with E-state index >= 15 is 0 Å². The highest BCUT2D eigenvalue weighted by molar-refractivity contribution is 7.52. The molecule has 0 bridgehead atoms. The lowest BCUT2D eigenvalue weighted by atomic mass is 10.2. The maximum Gasteiger partial charge on any atom is 0.328 e. The Morgan fingerprint density at radius 2 is 2.32 bits per heavy atom. The van der Waals surface area contributed by atoms with Crippen LogP contribution in [0.25, 0.3) is 0 Å². The summed E-state index contributed by atoms with van der Waals surface area (Å²) in [6.45, 7) is 2.15. The average Bonchev–Trinajstić information content (AvgIpc) is 2.36. The fourth-order valence-electron chi connectivity index (χ4n) is 1.46. The van der Waals surface area contributed by atoms with Crippen LogP contribution in [0, 0.1) is 0 Å². The molecule has 0 aliphatic rings. The third-order valence-electron chi connectivity index (χ3n) is 2.28. The van der Waals surface area contributed by atoms with Crippen molar-refractivity contribution < 1.29 is 23.5 Å². The molecule has 6 nitrogen and oxygen atoms in total. The van der Waals surface area contributed by atoms with Gasteiger partial charge >= 0.3 is 7.60 Å². The van der Waals surface area contributed by atoms with Gasteiger partial charge in [0.2, 0.25) is 5.88 Å². The van der Waals surface area contributed by atoms with Gasteiger partial charge in [-0.3, -0.25) is 4.57 Å². The van der Waals surface area contributed by atoms with E-state index in [1.165, 1.54) is 0 Å². The van der Waals surface area contributed by atoms with Gasteiger partial charge in [0.1, 0.15) is 6.29 Å². The Balaban J connectivity index is 2.35. The lowest BCUT2D eigenvalue weighted by molar-refractivity contribution is -0.107. The molecule has 1 unspecified atom stereocenters. The summed E-state index contributed by atoms with van der Waals surface area (Å²) in [4.78, 5) is 23.7.